The Morgan fingerprint density at radius 1 is 0.222 bits per heavy atom. The second kappa shape index (κ2) is 15.1. The first kappa shape index (κ1) is 44.5. The molecule has 2 heteroatoms. The van der Waals surface area contributed by atoms with Crippen LogP contribution in [0.3, 0.4) is 0 Å². The standard InChI is InChI=1S/C70H64N2/c1-67(2,3)49-25-13-41(14-26-49)45-23-35-57-55(37-45)63-61-53-33-21-48(44-19-31-52(32-20-44)70(10,11)12)40-60(53)72-58-36-24-46(42-15-27-50(28-16-42)68(4,5)6)38-56(58)64(66(61)72)62-54-34-22-47(39-59(54)71(57)65(62)63)43-17-29-51(30-18-43)69(7,8)9/h13-40H,1-12H3. The summed E-state index contributed by atoms with van der Waals surface area (Å²) < 4.78 is 5.23. The molecule has 13 rings (SSSR count). The molecule has 0 fully saturated rings. The van der Waals surface area contributed by atoms with Gasteiger partial charge >= 0.3 is 0 Å². The molecule has 0 radical (unpaired) electrons. The maximum atomic E-state index is 2.62. The first-order chi connectivity index (χ1) is 34.2. The fourth-order valence-electron chi connectivity index (χ4n) is 12.0. The average molecular weight is 933 g/mol. The summed E-state index contributed by atoms with van der Waals surface area (Å²) in [6, 6.07) is 66.0. The molecule has 0 aliphatic heterocycles. The van der Waals surface area contributed by atoms with E-state index in [2.05, 4.69) is 262 Å². The van der Waals surface area contributed by atoms with Gasteiger partial charge in [0.05, 0.1) is 33.1 Å². The van der Waals surface area contributed by atoms with Gasteiger partial charge in [0.2, 0.25) is 0 Å². The Morgan fingerprint density at radius 3 is 0.736 bits per heavy atom. The van der Waals surface area contributed by atoms with E-state index in [1.54, 1.807) is 0 Å². The van der Waals surface area contributed by atoms with Crippen molar-refractivity contribution in [3.63, 3.8) is 0 Å². The first-order valence-corrected chi connectivity index (χ1v) is 26.1. The molecule has 0 bridgehead atoms. The predicted octanol–water partition coefficient (Wildman–Crippen LogP) is 19.8. The highest BCUT2D eigenvalue weighted by atomic mass is 14.9. The van der Waals surface area contributed by atoms with Gasteiger partial charge in [-0.3, -0.25) is 0 Å². The molecule has 4 heterocycles. The zero-order chi connectivity index (χ0) is 50.0. The summed E-state index contributed by atoms with van der Waals surface area (Å²) in [6.07, 6.45) is 0. The predicted molar refractivity (Wildman–Crippen MR) is 312 cm³/mol. The van der Waals surface area contributed by atoms with Crippen LogP contribution in [0.15, 0.2) is 170 Å². The Kier molecular flexibility index (Phi) is 9.31. The van der Waals surface area contributed by atoms with E-state index in [1.165, 1.54) is 143 Å². The zero-order valence-electron chi connectivity index (χ0n) is 44.1. The molecule has 13 aromatic rings. The van der Waals surface area contributed by atoms with Gasteiger partial charge in [-0.1, -0.05) is 217 Å². The van der Waals surface area contributed by atoms with Crippen LogP contribution in [0.25, 0.3) is 121 Å². The first-order valence-electron chi connectivity index (χ1n) is 26.1. The van der Waals surface area contributed by atoms with Crippen LogP contribution < -0.4 is 0 Å². The second-order valence-corrected chi connectivity index (χ2v) is 25.1. The quantitative estimate of drug-likeness (QED) is 0.166. The lowest BCUT2D eigenvalue weighted by atomic mass is 9.86. The number of benzene rings is 9. The number of fused-ring (bicyclic) bond motifs is 14. The Balaban J connectivity index is 1.16. The average Bonchev–Trinajstić information content (AvgIpc) is 4.08. The van der Waals surface area contributed by atoms with Crippen molar-refractivity contribution in [2.45, 2.75) is 105 Å². The number of rotatable bonds is 4. The summed E-state index contributed by atoms with van der Waals surface area (Å²) >= 11 is 0. The summed E-state index contributed by atoms with van der Waals surface area (Å²) in [5.74, 6) is 0. The molecule has 0 unspecified atom stereocenters. The minimum atomic E-state index is 0.0823. The van der Waals surface area contributed by atoms with Gasteiger partial charge in [0, 0.05) is 43.1 Å². The van der Waals surface area contributed by atoms with Crippen LogP contribution in [0.2, 0.25) is 0 Å². The van der Waals surface area contributed by atoms with E-state index in [4.69, 9.17) is 0 Å². The highest BCUT2D eigenvalue weighted by Crippen LogP contribution is 2.53. The van der Waals surface area contributed by atoms with Gasteiger partial charge in [0.25, 0.3) is 0 Å². The van der Waals surface area contributed by atoms with Crippen molar-refractivity contribution >= 4 is 76.2 Å². The van der Waals surface area contributed by atoms with Gasteiger partial charge in [-0.25, -0.2) is 0 Å². The highest BCUT2D eigenvalue weighted by Gasteiger charge is 2.30. The SMILES string of the molecule is CC(C)(C)c1ccc(-c2ccc3c(c2)c2c4c5ccc(-c6ccc(C(C)(C)C)cc6)cc5n5c6ccc(-c7ccc(C(C)(C)C)cc7)cc6c(c6c7ccc(-c8ccc(C(C)(C)C)cc8)cc7n3c26)c45)cc1. The fourth-order valence-corrected chi connectivity index (χ4v) is 12.0. The highest BCUT2D eigenvalue weighted by molar-refractivity contribution is 6.45. The molecular formula is C70H64N2. The third-order valence-electron chi connectivity index (χ3n) is 16.3. The van der Waals surface area contributed by atoms with Crippen molar-refractivity contribution in [3.05, 3.63) is 192 Å². The van der Waals surface area contributed by atoms with Crippen molar-refractivity contribution in [1.82, 2.24) is 8.80 Å². The lowest BCUT2D eigenvalue weighted by Gasteiger charge is -2.19. The maximum absolute atomic E-state index is 2.62. The van der Waals surface area contributed by atoms with E-state index in [0.717, 1.165) is 0 Å². The monoisotopic (exact) mass is 933 g/mol. The largest absolute Gasteiger partial charge is 0.308 e. The van der Waals surface area contributed by atoms with Gasteiger partial charge < -0.3 is 8.80 Å². The van der Waals surface area contributed by atoms with E-state index in [9.17, 15) is 0 Å². The third kappa shape index (κ3) is 6.67. The van der Waals surface area contributed by atoms with Crippen molar-refractivity contribution in [2.24, 2.45) is 0 Å². The Morgan fingerprint density at radius 2 is 0.458 bits per heavy atom. The second-order valence-electron chi connectivity index (χ2n) is 25.1. The minimum absolute atomic E-state index is 0.0823. The molecule has 0 spiro atoms. The van der Waals surface area contributed by atoms with Gasteiger partial charge in [-0.2, -0.15) is 0 Å². The zero-order valence-corrected chi connectivity index (χ0v) is 44.1. The summed E-state index contributed by atoms with van der Waals surface area (Å²) in [5, 5.41) is 10.5. The summed E-state index contributed by atoms with van der Waals surface area (Å²) in [5.41, 5.74) is 23.2. The van der Waals surface area contributed by atoms with Crippen LogP contribution >= 0.6 is 0 Å². The Hall–Kier alpha value is -7.42. The van der Waals surface area contributed by atoms with Crippen LogP contribution in [-0.2, 0) is 21.7 Å². The number of hydrogen-bond donors (Lipinski definition) is 0. The number of nitrogens with zero attached hydrogens (tertiary/aromatic N) is 2. The molecule has 0 saturated heterocycles. The molecule has 0 aliphatic rings. The topological polar surface area (TPSA) is 8.82 Å². The summed E-state index contributed by atoms with van der Waals surface area (Å²) in [4.78, 5) is 0. The van der Waals surface area contributed by atoms with E-state index in [0.29, 0.717) is 0 Å². The maximum Gasteiger partial charge on any atom is 0.0634 e. The van der Waals surface area contributed by atoms with E-state index in [-0.39, 0.29) is 21.7 Å². The molecule has 354 valence electrons. The lowest BCUT2D eigenvalue weighted by Crippen LogP contribution is -2.10. The number of aromatic nitrogens is 2. The van der Waals surface area contributed by atoms with Crippen molar-refractivity contribution in [3.8, 4) is 44.5 Å². The van der Waals surface area contributed by atoms with E-state index < -0.39 is 0 Å². The molecule has 9 aromatic carbocycles. The molecule has 0 N–H and O–H groups in total. The molecular weight excluding hydrogens is 869 g/mol. The van der Waals surface area contributed by atoms with Crippen LogP contribution in [-0.4, -0.2) is 8.80 Å². The molecule has 0 atom stereocenters. The fraction of sp³-hybridized carbons (Fsp3) is 0.229. The summed E-state index contributed by atoms with van der Waals surface area (Å²) in [6.45, 7) is 27.5. The number of hydrogen-bond acceptors (Lipinski definition) is 0. The smallest absolute Gasteiger partial charge is 0.0634 e. The lowest BCUT2D eigenvalue weighted by molar-refractivity contribution is 0.590. The van der Waals surface area contributed by atoms with Crippen LogP contribution in [0.4, 0.5) is 0 Å². The molecule has 0 aliphatic carbocycles. The van der Waals surface area contributed by atoms with Gasteiger partial charge in [-0.15, -0.1) is 0 Å². The van der Waals surface area contributed by atoms with Crippen LogP contribution in [0.1, 0.15) is 105 Å². The third-order valence-corrected chi connectivity index (χ3v) is 16.3. The molecule has 72 heavy (non-hydrogen) atoms. The minimum Gasteiger partial charge on any atom is -0.308 e. The molecule has 0 amide bonds. The Bertz CT molecular complexity index is 4000. The van der Waals surface area contributed by atoms with Gasteiger partial charge in [0.1, 0.15) is 0 Å². The molecule has 0 saturated carbocycles. The van der Waals surface area contributed by atoms with E-state index in [1.807, 2.05) is 0 Å². The molecule has 4 aromatic heterocycles. The van der Waals surface area contributed by atoms with Gasteiger partial charge in [-0.05, 0) is 125 Å². The van der Waals surface area contributed by atoms with Crippen molar-refractivity contribution in [2.75, 3.05) is 0 Å². The summed E-state index contributed by atoms with van der Waals surface area (Å²) in [7, 11) is 0. The van der Waals surface area contributed by atoms with Gasteiger partial charge in [0.15, 0.2) is 0 Å². The Labute approximate surface area is 424 Å². The van der Waals surface area contributed by atoms with E-state index >= 15 is 0 Å². The normalized spacial score (nSPS) is 13.3. The molecule has 2 nitrogen and oxygen atoms in total. The van der Waals surface area contributed by atoms with Crippen molar-refractivity contribution < 1.29 is 0 Å². The van der Waals surface area contributed by atoms with Crippen molar-refractivity contribution in [1.29, 1.82) is 0 Å². The van der Waals surface area contributed by atoms with Crippen LogP contribution in [0, 0.1) is 0 Å². The van der Waals surface area contributed by atoms with Crippen LogP contribution in [0.5, 0.6) is 0 Å².